The van der Waals surface area contributed by atoms with Crippen molar-refractivity contribution in [3.8, 4) is 0 Å². The van der Waals surface area contributed by atoms with Gasteiger partial charge in [0.05, 0.1) is 20.9 Å². The zero-order valence-corrected chi connectivity index (χ0v) is 21.0. The van der Waals surface area contributed by atoms with Crippen molar-refractivity contribution >= 4 is 51.5 Å². The number of nitrogens with one attached hydrogen (secondary N) is 1. The van der Waals surface area contributed by atoms with Crippen LogP contribution in [0.25, 0.3) is 10.2 Å². The Kier molecular flexibility index (Phi) is 8.88. The maximum atomic E-state index is 4.71. The van der Waals surface area contributed by atoms with Crippen molar-refractivity contribution in [2.45, 2.75) is 39.2 Å². The first-order chi connectivity index (χ1) is 13.5. The number of fused-ring (bicyclic) bond motifs is 1. The monoisotopic (exact) mass is 526 g/mol. The summed E-state index contributed by atoms with van der Waals surface area (Å²) < 4.78 is 3.16. The van der Waals surface area contributed by atoms with Crippen molar-refractivity contribution < 1.29 is 0 Å². The fraction of sp³-hybridized carbons (Fsp3) is 0.476. The van der Waals surface area contributed by atoms with Gasteiger partial charge in [-0.2, -0.15) is 5.10 Å². The zero-order valence-electron chi connectivity index (χ0n) is 17.8. The van der Waals surface area contributed by atoms with E-state index < -0.39 is 0 Å². The first-order valence-corrected chi connectivity index (χ1v) is 10.6. The van der Waals surface area contributed by atoms with Crippen LogP contribution in [0.3, 0.4) is 0 Å². The number of benzene rings is 1. The van der Waals surface area contributed by atoms with Gasteiger partial charge in [0.1, 0.15) is 0 Å². The van der Waals surface area contributed by atoms with E-state index in [9.17, 15) is 0 Å². The summed E-state index contributed by atoms with van der Waals surface area (Å²) in [5, 5.41) is 9.27. The van der Waals surface area contributed by atoms with Crippen LogP contribution in [0.15, 0.2) is 35.5 Å². The summed E-state index contributed by atoms with van der Waals surface area (Å²) in [4.78, 5) is 11.3. The largest absolute Gasteiger partial charge is 0.356 e. The standard InChI is InChI=1S/C21H30N6S.HI/c1-15(2)20-16(14-27(5)25-20)13-26(4)21(22-3)23-12-8-11-19-24-17-9-6-7-10-18(17)28-19;/h6-7,9-10,14-15H,8,11-13H2,1-5H3,(H,22,23);1H. The number of para-hydroxylation sites is 1. The molecule has 0 aliphatic heterocycles. The number of rotatable bonds is 7. The molecule has 8 heteroatoms. The van der Waals surface area contributed by atoms with Crippen molar-refractivity contribution in [1.82, 2.24) is 25.0 Å². The molecule has 2 heterocycles. The van der Waals surface area contributed by atoms with Gasteiger partial charge in [0.25, 0.3) is 0 Å². The van der Waals surface area contributed by atoms with Crippen LogP contribution in [0.4, 0.5) is 0 Å². The molecule has 0 bridgehead atoms. The first-order valence-electron chi connectivity index (χ1n) is 9.76. The Morgan fingerprint density at radius 2 is 2.07 bits per heavy atom. The van der Waals surface area contributed by atoms with Crippen LogP contribution >= 0.6 is 35.3 Å². The lowest BCUT2D eigenvalue weighted by molar-refractivity contribution is 0.472. The van der Waals surface area contributed by atoms with Crippen molar-refractivity contribution in [3.63, 3.8) is 0 Å². The summed E-state index contributed by atoms with van der Waals surface area (Å²) >= 11 is 1.79. The summed E-state index contributed by atoms with van der Waals surface area (Å²) in [6, 6.07) is 8.32. The van der Waals surface area contributed by atoms with Gasteiger partial charge >= 0.3 is 0 Å². The van der Waals surface area contributed by atoms with E-state index in [1.54, 1.807) is 11.3 Å². The van der Waals surface area contributed by atoms with E-state index in [1.807, 2.05) is 24.8 Å². The molecule has 3 aromatic rings. The molecule has 2 aromatic heterocycles. The number of hydrogen-bond acceptors (Lipinski definition) is 4. The molecule has 0 fully saturated rings. The smallest absolute Gasteiger partial charge is 0.193 e. The minimum atomic E-state index is 0. The van der Waals surface area contributed by atoms with E-state index in [0.29, 0.717) is 5.92 Å². The molecule has 0 amide bonds. The minimum Gasteiger partial charge on any atom is -0.356 e. The minimum absolute atomic E-state index is 0. The number of hydrogen-bond donors (Lipinski definition) is 1. The molecule has 0 atom stereocenters. The molecule has 0 saturated heterocycles. The van der Waals surface area contributed by atoms with E-state index >= 15 is 0 Å². The molecule has 1 aromatic carbocycles. The first kappa shape index (κ1) is 23.6. The highest BCUT2D eigenvalue weighted by Gasteiger charge is 2.15. The second kappa shape index (κ2) is 10.9. The molecule has 0 radical (unpaired) electrons. The molecular weight excluding hydrogens is 495 g/mol. The Morgan fingerprint density at radius 1 is 1.31 bits per heavy atom. The Hall–Kier alpha value is -1.68. The van der Waals surface area contributed by atoms with Gasteiger partial charge in [0.2, 0.25) is 0 Å². The van der Waals surface area contributed by atoms with Gasteiger partial charge in [0, 0.05) is 52.4 Å². The van der Waals surface area contributed by atoms with Crippen LogP contribution in [0.5, 0.6) is 0 Å². The summed E-state index contributed by atoms with van der Waals surface area (Å²) in [6.07, 6.45) is 4.11. The maximum Gasteiger partial charge on any atom is 0.193 e. The molecule has 6 nitrogen and oxygen atoms in total. The van der Waals surface area contributed by atoms with Crippen molar-refractivity contribution in [2.24, 2.45) is 12.0 Å². The van der Waals surface area contributed by atoms with Crippen molar-refractivity contribution in [3.05, 3.63) is 46.7 Å². The topological polar surface area (TPSA) is 58.3 Å². The fourth-order valence-corrected chi connectivity index (χ4v) is 4.35. The van der Waals surface area contributed by atoms with Crippen LogP contribution < -0.4 is 5.32 Å². The molecule has 0 spiro atoms. The lowest BCUT2D eigenvalue weighted by Crippen LogP contribution is -2.39. The van der Waals surface area contributed by atoms with E-state index in [-0.39, 0.29) is 24.0 Å². The molecular formula is C21H31IN6S. The molecule has 0 aliphatic carbocycles. The van der Waals surface area contributed by atoms with Gasteiger partial charge in [-0.3, -0.25) is 9.67 Å². The van der Waals surface area contributed by atoms with E-state index in [0.717, 1.165) is 43.1 Å². The van der Waals surface area contributed by atoms with Gasteiger partial charge in [-0.25, -0.2) is 4.98 Å². The normalized spacial score (nSPS) is 11.7. The van der Waals surface area contributed by atoms with E-state index in [2.05, 4.69) is 65.6 Å². The molecule has 3 rings (SSSR count). The predicted octanol–water partition coefficient (Wildman–Crippen LogP) is 4.41. The van der Waals surface area contributed by atoms with Crippen molar-refractivity contribution in [2.75, 3.05) is 20.6 Å². The number of aromatic nitrogens is 3. The highest BCUT2D eigenvalue weighted by Crippen LogP contribution is 2.22. The molecule has 0 aliphatic rings. The Bertz CT molecular complexity index is 913. The van der Waals surface area contributed by atoms with Gasteiger partial charge < -0.3 is 10.2 Å². The number of halogens is 1. The number of guanidine groups is 1. The summed E-state index contributed by atoms with van der Waals surface area (Å²) in [7, 11) is 5.88. The molecule has 0 saturated carbocycles. The third-order valence-corrected chi connectivity index (χ3v) is 5.75. The maximum absolute atomic E-state index is 4.71. The zero-order chi connectivity index (χ0) is 20.1. The summed E-state index contributed by atoms with van der Waals surface area (Å²) in [5.41, 5.74) is 3.50. The van der Waals surface area contributed by atoms with Gasteiger partial charge in [-0.1, -0.05) is 26.0 Å². The summed E-state index contributed by atoms with van der Waals surface area (Å²) in [5.74, 6) is 1.32. The molecule has 0 unspecified atom stereocenters. The van der Waals surface area contributed by atoms with Gasteiger partial charge in [0.15, 0.2) is 5.96 Å². The second-order valence-corrected chi connectivity index (χ2v) is 8.49. The Morgan fingerprint density at radius 3 is 2.76 bits per heavy atom. The van der Waals surface area contributed by atoms with Crippen LogP contribution in [-0.2, 0) is 20.0 Å². The highest BCUT2D eigenvalue weighted by molar-refractivity contribution is 14.0. The highest BCUT2D eigenvalue weighted by atomic mass is 127. The Labute approximate surface area is 194 Å². The second-order valence-electron chi connectivity index (χ2n) is 7.38. The van der Waals surface area contributed by atoms with Crippen LogP contribution in [0.2, 0.25) is 0 Å². The molecule has 29 heavy (non-hydrogen) atoms. The van der Waals surface area contributed by atoms with Gasteiger partial charge in [-0.05, 0) is 24.5 Å². The summed E-state index contributed by atoms with van der Waals surface area (Å²) in [6.45, 7) is 6.03. The van der Waals surface area contributed by atoms with E-state index in [4.69, 9.17) is 4.98 Å². The number of aryl methyl sites for hydroxylation is 2. The average Bonchev–Trinajstić information content (AvgIpc) is 3.24. The lowest BCUT2D eigenvalue weighted by Gasteiger charge is -2.22. The SMILES string of the molecule is CN=C(NCCCc1nc2ccccc2s1)N(C)Cc1cn(C)nc1C(C)C.I. The third kappa shape index (κ3) is 6.15. The van der Waals surface area contributed by atoms with E-state index in [1.165, 1.54) is 15.3 Å². The van der Waals surface area contributed by atoms with Crippen LogP contribution in [0, 0.1) is 0 Å². The van der Waals surface area contributed by atoms with Crippen LogP contribution in [0.1, 0.15) is 42.5 Å². The number of nitrogens with zero attached hydrogens (tertiary/aromatic N) is 5. The number of thiazole rings is 1. The van der Waals surface area contributed by atoms with Crippen molar-refractivity contribution in [1.29, 1.82) is 0 Å². The fourth-order valence-electron chi connectivity index (χ4n) is 3.34. The van der Waals surface area contributed by atoms with Gasteiger partial charge in [-0.15, -0.1) is 35.3 Å². The quantitative estimate of drug-likeness (QED) is 0.215. The molecule has 158 valence electrons. The molecule has 1 N–H and O–H groups in total. The number of aliphatic imine (C=N–C) groups is 1. The van der Waals surface area contributed by atoms with Crippen LogP contribution in [-0.4, -0.2) is 46.3 Å². The average molecular weight is 526 g/mol. The third-order valence-electron chi connectivity index (χ3n) is 4.65. The lowest BCUT2D eigenvalue weighted by atomic mass is 10.1. The predicted molar refractivity (Wildman–Crippen MR) is 133 cm³/mol. The Balaban J connectivity index is 0.00000300.